The first-order valence-corrected chi connectivity index (χ1v) is 8.28. The van der Waals surface area contributed by atoms with Crippen LogP contribution in [0.5, 0.6) is 0 Å². The van der Waals surface area contributed by atoms with Crippen molar-refractivity contribution in [3.63, 3.8) is 0 Å². The number of hydrogen-bond acceptors (Lipinski definition) is 2. The Balaban J connectivity index is 1.66. The monoisotopic (exact) mass is 350 g/mol. The summed E-state index contributed by atoms with van der Waals surface area (Å²) in [5.41, 5.74) is -0.139. The second kappa shape index (κ2) is 5.79. The fourth-order valence-corrected chi connectivity index (χ4v) is 3.26. The minimum atomic E-state index is -0.849. The lowest BCUT2D eigenvalue weighted by Gasteiger charge is -2.19. The molecule has 0 unspecified atom stereocenters. The van der Waals surface area contributed by atoms with Crippen LogP contribution in [0, 0.1) is 5.41 Å². The van der Waals surface area contributed by atoms with Crippen LogP contribution in [0.2, 0.25) is 0 Å². The summed E-state index contributed by atoms with van der Waals surface area (Å²) in [4.78, 5) is 24.9. The largest absolute Gasteiger partial charge is 0.352 e. The molecule has 3 rings (SSSR count). The number of para-hydroxylation sites is 1. The van der Waals surface area contributed by atoms with Gasteiger partial charge in [0.15, 0.2) is 0 Å². The molecule has 1 aromatic rings. The standard InChI is InChI=1S/C16H19BrN2O2/c17-12-7-3-4-8-13(12)19-15(21)16(9-10-16)14(20)18-11-5-1-2-6-11/h3-4,7-8,11H,1-2,5-6,9-10H2,(H,18,20)(H,19,21). The van der Waals surface area contributed by atoms with E-state index >= 15 is 0 Å². The summed E-state index contributed by atoms with van der Waals surface area (Å²) in [6, 6.07) is 7.70. The number of hydrogen-bond donors (Lipinski definition) is 2. The van der Waals surface area contributed by atoms with Crippen LogP contribution in [0.3, 0.4) is 0 Å². The zero-order valence-electron chi connectivity index (χ0n) is 11.8. The van der Waals surface area contributed by atoms with Gasteiger partial charge in [-0.25, -0.2) is 0 Å². The Bertz CT molecular complexity index is 563. The molecule has 1 aromatic carbocycles. The second-order valence-corrected chi connectivity index (χ2v) is 6.83. The molecule has 0 aliphatic heterocycles. The first kappa shape index (κ1) is 14.6. The highest BCUT2D eigenvalue weighted by molar-refractivity contribution is 9.10. The van der Waals surface area contributed by atoms with Crippen molar-refractivity contribution < 1.29 is 9.59 Å². The molecule has 112 valence electrons. The molecule has 2 N–H and O–H groups in total. The van der Waals surface area contributed by atoms with E-state index in [9.17, 15) is 9.59 Å². The van der Waals surface area contributed by atoms with E-state index in [4.69, 9.17) is 0 Å². The summed E-state index contributed by atoms with van der Waals surface area (Å²) in [7, 11) is 0. The molecule has 2 fully saturated rings. The quantitative estimate of drug-likeness (QED) is 0.819. The smallest absolute Gasteiger partial charge is 0.240 e. The van der Waals surface area contributed by atoms with E-state index in [2.05, 4.69) is 26.6 Å². The van der Waals surface area contributed by atoms with E-state index in [1.807, 2.05) is 24.3 Å². The van der Waals surface area contributed by atoms with Gasteiger partial charge in [0, 0.05) is 10.5 Å². The third-order valence-electron chi connectivity index (χ3n) is 4.43. The molecular formula is C16H19BrN2O2. The van der Waals surface area contributed by atoms with Crippen molar-refractivity contribution in [2.75, 3.05) is 5.32 Å². The molecule has 0 saturated heterocycles. The van der Waals surface area contributed by atoms with Crippen molar-refractivity contribution in [3.8, 4) is 0 Å². The predicted octanol–water partition coefficient (Wildman–Crippen LogP) is 3.23. The Morgan fingerprint density at radius 3 is 2.38 bits per heavy atom. The van der Waals surface area contributed by atoms with Gasteiger partial charge in [-0.1, -0.05) is 25.0 Å². The Hall–Kier alpha value is -1.36. The minimum Gasteiger partial charge on any atom is -0.352 e. The molecule has 0 bridgehead atoms. The highest BCUT2D eigenvalue weighted by Gasteiger charge is 2.56. The Morgan fingerprint density at radius 1 is 1.10 bits per heavy atom. The van der Waals surface area contributed by atoms with Crippen molar-refractivity contribution in [3.05, 3.63) is 28.7 Å². The first-order valence-electron chi connectivity index (χ1n) is 7.49. The lowest BCUT2D eigenvalue weighted by Crippen LogP contribution is -2.43. The van der Waals surface area contributed by atoms with Crippen LogP contribution in [0.15, 0.2) is 28.7 Å². The highest BCUT2D eigenvalue weighted by atomic mass is 79.9. The molecule has 0 aromatic heterocycles. The Morgan fingerprint density at radius 2 is 1.76 bits per heavy atom. The lowest BCUT2D eigenvalue weighted by molar-refractivity contribution is -0.134. The molecular weight excluding hydrogens is 332 g/mol. The number of halogens is 1. The maximum atomic E-state index is 12.5. The SMILES string of the molecule is O=C(Nc1ccccc1Br)C1(C(=O)NC2CCCC2)CC1. The molecule has 0 atom stereocenters. The van der Waals surface area contributed by atoms with Crippen molar-refractivity contribution >= 4 is 33.4 Å². The molecule has 2 aliphatic rings. The number of nitrogens with one attached hydrogen (secondary N) is 2. The van der Waals surface area contributed by atoms with Crippen molar-refractivity contribution in [1.82, 2.24) is 5.32 Å². The molecule has 0 radical (unpaired) electrons. The number of rotatable bonds is 4. The summed E-state index contributed by atoms with van der Waals surface area (Å²) in [5.74, 6) is -0.288. The van der Waals surface area contributed by atoms with Gasteiger partial charge in [0.2, 0.25) is 11.8 Å². The van der Waals surface area contributed by atoms with Crippen molar-refractivity contribution in [2.45, 2.75) is 44.6 Å². The number of anilines is 1. The fraction of sp³-hybridized carbons (Fsp3) is 0.500. The normalized spacial score (nSPS) is 20.0. The van der Waals surface area contributed by atoms with Crippen LogP contribution in [0.1, 0.15) is 38.5 Å². The minimum absolute atomic E-state index is 0.0982. The Kier molecular flexibility index (Phi) is 4.02. The van der Waals surface area contributed by atoms with Gasteiger partial charge < -0.3 is 10.6 Å². The Labute approximate surface area is 132 Å². The van der Waals surface area contributed by atoms with Gasteiger partial charge in [-0.05, 0) is 53.7 Å². The molecule has 5 heteroatoms. The van der Waals surface area contributed by atoms with Gasteiger partial charge >= 0.3 is 0 Å². The zero-order valence-corrected chi connectivity index (χ0v) is 13.4. The molecule has 21 heavy (non-hydrogen) atoms. The first-order chi connectivity index (χ1) is 10.1. The topological polar surface area (TPSA) is 58.2 Å². The number of benzene rings is 1. The predicted molar refractivity (Wildman–Crippen MR) is 84.8 cm³/mol. The molecule has 2 amide bonds. The van der Waals surface area contributed by atoms with Crippen LogP contribution in [0.25, 0.3) is 0 Å². The highest BCUT2D eigenvalue weighted by Crippen LogP contribution is 2.47. The molecule has 2 aliphatic carbocycles. The van der Waals surface area contributed by atoms with E-state index in [0.717, 1.165) is 17.3 Å². The molecule has 2 saturated carbocycles. The third-order valence-corrected chi connectivity index (χ3v) is 5.12. The lowest BCUT2D eigenvalue weighted by atomic mass is 10.0. The number of amides is 2. The van der Waals surface area contributed by atoms with Gasteiger partial charge in [-0.15, -0.1) is 0 Å². The maximum absolute atomic E-state index is 12.5. The van der Waals surface area contributed by atoms with Crippen LogP contribution in [-0.4, -0.2) is 17.9 Å². The van der Waals surface area contributed by atoms with Gasteiger partial charge in [0.1, 0.15) is 5.41 Å². The average Bonchev–Trinajstić information content (AvgIpc) is 3.14. The van der Waals surface area contributed by atoms with E-state index < -0.39 is 5.41 Å². The van der Waals surface area contributed by atoms with E-state index in [0.29, 0.717) is 18.5 Å². The zero-order chi connectivity index (χ0) is 14.9. The van der Waals surface area contributed by atoms with Gasteiger partial charge in [0.25, 0.3) is 0 Å². The summed E-state index contributed by atoms with van der Waals surface area (Å²) in [5, 5.41) is 5.92. The molecule has 0 spiro atoms. The van der Waals surface area contributed by atoms with Crippen LogP contribution < -0.4 is 10.6 Å². The third kappa shape index (κ3) is 2.98. The van der Waals surface area contributed by atoms with Crippen LogP contribution in [0.4, 0.5) is 5.69 Å². The molecule has 4 nitrogen and oxygen atoms in total. The fourth-order valence-electron chi connectivity index (χ4n) is 2.88. The second-order valence-electron chi connectivity index (χ2n) is 5.97. The van der Waals surface area contributed by atoms with Gasteiger partial charge in [0.05, 0.1) is 5.69 Å². The van der Waals surface area contributed by atoms with Crippen molar-refractivity contribution in [2.24, 2.45) is 5.41 Å². The van der Waals surface area contributed by atoms with Gasteiger partial charge in [-0.2, -0.15) is 0 Å². The van der Waals surface area contributed by atoms with Crippen LogP contribution in [-0.2, 0) is 9.59 Å². The summed E-state index contributed by atoms with van der Waals surface area (Å²) < 4.78 is 0.824. The maximum Gasteiger partial charge on any atom is 0.240 e. The number of carbonyl (C=O) groups excluding carboxylic acids is 2. The van der Waals surface area contributed by atoms with Gasteiger partial charge in [-0.3, -0.25) is 9.59 Å². The number of carbonyl (C=O) groups is 2. The average molecular weight is 351 g/mol. The van der Waals surface area contributed by atoms with E-state index in [1.54, 1.807) is 0 Å². The molecule has 0 heterocycles. The van der Waals surface area contributed by atoms with E-state index in [-0.39, 0.29) is 17.9 Å². The summed E-state index contributed by atoms with van der Waals surface area (Å²) in [6.07, 6.45) is 5.69. The summed E-state index contributed by atoms with van der Waals surface area (Å²) in [6.45, 7) is 0. The van der Waals surface area contributed by atoms with Crippen molar-refractivity contribution in [1.29, 1.82) is 0 Å². The van der Waals surface area contributed by atoms with Crippen LogP contribution >= 0.6 is 15.9 Å². The van der Waals surface area contributed by atoms with E-state index in [1.165, 1.54) is 12.8 Å². The summed E-state index contributed by atoms with van der Waals surface area (Å²) >= 11 is 3.40.